The molecule has 0 spiro atoms. The van der Waals surface area contributed by atoms with E-state index in [2.05, 4.69) is 30.4 Å². The van der Waals surface area contributed by atoms with E-state index in [1.165, 1.54) is 16.7 Å². The second-order valence-electron chi connectivity index (χ2n) is 6.12. The number of carbonyl (C=O) groups is 1. The lowest BCUT2D eigenvalue weighted by atomic mass is 10.0. The van der Waals surface area contributed by atoms with E-state index < -0.39 is 5.60 Å². The Morgan fingerprint density at radius 1 is 1.42 bits per heavy atom. The summed E-state index contributed by atoms with van der Waals surface area (Å²) in [5.41, 5.74) is 3.51. The summed E-state index contributed by atoms with van der Waals surface area (Å²) in [6.07, 6.45) is 2.72. The first-order chi connectivity index (χ1) is 8.89. The third-order valence-corrected chi connectivity index (χ3v) is 3.38. The van der Waals surface area contributed by atoms with Gasteiger partial charge in [0.05, 0.1) is 6.04 Å². The average molecular weight is 261 g/mol. The molecule has 1 aromatic carbocycles. The van der Waals surface area contributed by atoms with Crippen LogP contribution < -0.4 is 5.32 Å². The molecule has 19 heavy (non-hydrogen) atoms. The Labute approximate surface area is 115 Å². The van der Waals surface area contributed by atoms with Gasteiger partial charge in [-0.2, -0.15) is 0 Å². The summed E-state index contributed by atoms with van der Waals surface area (Å²) in [4.78, 5) is 11.8. The van der Waals surface area contributed by atoms with Crippen molar-refractivity contribution in [2.75, 3.05) is 0 Å². The number of alkyl carbamates (subject to hydrolysis) is 1. The van der Waals surface area contributed by atoms with E-state index in [4.69, 9.17) is 4.74 Å². The second-order valence-corrected chi connectivity index (χ2v) is 6.12. The van der Waals surface area contributed by atoms with Gasteiger partial charge in [0.2, 0.25) is 0 Å². The minimum Gasteiger partial charge on any atom is -0.444 e. The van der Waals surface area contributed by atoms with E-state index in [0.717, 1.165) is 19.3 Å². The quantitative estimate of drug-likeness (QED) is 0.880. The van der Waals surface area contributed by atoms with Gasteiger partial charge in [0.1, 0.15) is 5.60 Å². The van der Waals surface area contributed by atoms with Crippen LogP contribution in [-0.2, 0) is 17.6 Å². The van der Waals surface area contributed by atoms with Crippen molar-refractivity contribution in [3.8, 4) is 0 Å². The molecule has 104 valence electrons. The number of benzene rings is 1. The van der Waals surface area contributed by atoms with Crippen molar-refractivity contribution in [3.05, 3.63) is 34.9 Å². The van der Waals surface area contributed by atoms with Crippen LogP contribution in [-0.4, -0.2) is 11.7 Å². The van der Waals surface area contributed by atoms with E-state index in [1.54, 1.807) is 0 Å². The van der Waals surface area contributed by atoms with Crippen molar-refractivity contribution in [2.24, 2.45) is 0 Å². The van der Waals surface area contributed by atoms with Gasteiger partial charge in [0.25, 0.3) is 0 Å². The highest BCUT2D eigenvalue weighted by molar-refractivity contribution is 5.68. The first-order valence-electron chi connectivity index (χ1n) is 7.00. The third kappa shape index (κ3) is 3.49. The summed E-state index contributed by atoms with van der Waals surface area (Å²) in [5, 5.41) is 2.97. The van der Waals surface area contributed by atoms with E-state index in [0.29, 0.717) is 0 Å². The molecule has 1 aliphatic carbocycles. The Hall–Kier alpha value is -1.51. The molecule has 0 bridgehead atoms. The summed E-state index contributed by atoms with van der Waals surface area (Å²) >= 11 is 0. The second kappa shape index (κ2) is 5.24. The molecule has 1 aliphatic rings. The van der Waals surface area contributed by atoms with Crippen molar-refractivity contribution in [1.29, 1.82) is 0 Å². The van der Waals surface area contributed by atoms with Crippen LogP contribution in [0, 0.1) is 0 Å². The molecule has 1 N–H and O–H groups in total. The summed E-state index contributed by atoms with van der Waals surface area (Å²) in [6.45, 7) is 7.79. The van der Waals surface area contributed by atoms with Crippen LogP contribution >= 0.6 is 0 Å². The van der Waals surface area contributed by atoms with Crippen LogP contribution in [0.4, 0.5) is 4.79 Å². The predicted octanol–water partition coefficient (Wildman–Crippen LogP) is 3.76. The number of carbonyl (C=O) groups excluding carboxylic acids is 1. The van der Waals surface area contributed by atoms with Crippen molar-refractivity contribution in [3.63, 3.8) is 0 Å². The Morgan fingerprint density at radius 2 is 2.16 bits per heavy atom. The molecule has 0 saturated heterocycles. The van der Waals surface area contributed by atoms with Gasteiger partial charge in [0, 0.05) is 0 Å². The zero-order valence-corrected chi connectivity index (χ0v) is 12.2. The zero-order valence-electron chi connectivity index (χ0n) is 12.2. The van der Waals surface area contributed by atoms with E-state index in [9.17, 15) is 4.79 Å². The molecular weight excluding hydrogens is 238 g/mol. The summed E-state index contributed by atoms with van der Waals surface area (Å²) in [7, 11) is 0. The van der Waals surface area contributed by atoms with E-state index in [-0.39, 0.29) is 12.1 Å². The Balaban J connectivity index is 2.04. The highest BCUT2D eigenvalue weighted by Crippen LogP contribution is 2.32. The van der Waals surface area contributed by atoms with Gasteiger partial charge >= 0.3 is 6.09 Å². The Morgan fingerprint density at radius 3 is 2.79 bits per heavy atom. The molecule has 1 unspecified atom stereocenters. The van der Waals surface area contributed by atoms with Crippen LogP contribution in [0.3, 0.4) is 0 Å². The third-order valence-electron chi connectivity index (χ3n) is 3.38. The number of rotatable bonds is 2. The first-order valence-corrected chi connectivity index (χ1v) is 7.00. The van der Waals surface area contributed by atoms with Crippen molar-refractivity contribution >= 4 is 6.09 Å². The summed E-state index contributed by atoms with van der Waals surface area (Å²) in [5.74, 6) is 0. The topological polar surface area (TPSA) is 38.3 Å². The van der Waals surface area contributed by atoms with Crippen LogP contribution in [0.5, 0.6) is 0 Å². The molecule has 0 saturated carbocycles. The van der Waals surface area contributed by atoms with E-state index in [1.807, 2.05) is 20.8 Å². The van der Waals surface area contributed by atoms with Crippen LogP contribution in [0.1, 0.15) is 56.8 Å². The molecule has 0 fully saturated rings. The number of hydrogen-bond donors (Lipinski definition) is 1. The lowest BCUT2D eigenvalue weighted by Gasteiger charge is -2.22. The molecule has 1 aromatic rings. The maximum Gasteiger partial charge on any atom is 0.408 e. The SMILES string of the molecule is CCc1ccc2c(c1)CCC2NC(=O)OC(C)(C)C. The molecule has 3 heteroatoms. The molecule has 0 aromatic heterocycles. The van der Waals surface area contributed by atoms with Gasteiger partial charge in [-0.25, -0.2) is 4.79 Å². The molecule has 2 rings (SSSR count). The van der Waals surface area contributed by atoms with Crippen LogP contribution in [0.2, 0.25) is 0 Å². The number of nitrogens with one attached hydrogen (secondary N) is 1. The van der Waals surface area contributed by atoms with Crippen LogP contribution in [0.25, 0.3) is 0 Å². The summed E-state index contributed by atoms with van der Waals surface area (Å²) in [6, 6.07) is 6.64. The molecular formula is C16H23NO2. The van der Waals surface area contributed by atoms with Gasteiger partial charge in [-0.1, -0.05) is 25.1 Å². The van der Waals surface area contributed by atoms with Gasteiger partial charge in [-0.05, 0) is 56.7 Å². The van der Waals surface area contributed by atoms with E-state index >= 15 is 0 Å². The maximum absolute atomic E-state index is 11.8. The standard InChI is InChI=1S/C16H23NO2/c1-5-11-6-8-13-12(10-11)7-9-14(13)17-15(18)19-16(2,3)4/h6,8,10,14H,5,7,9H2,1-4H3,(H,17,18). The van der Waals surface area contributed by atoms with Gasteiger partial charge in [-0.15, -0.1) is 0 Å². The molecule has 1 atom stereocenters. The number of hydrogen-bond acceptors (Lipinski definition) is 2. The highest BCUT2D eigenvalue weighted by atomic mass is 16.6. The largest absolute Gasteiger partial charge is 0.444 e. The number of aryl methyl sites for hydroxylation is 2. The minimum atomic E-state index is -0.447. The van der Waals surface area contributed by atoms with Gasteiger partial charge in [-0.3, -0.25) is 0 Å². The molecule has 0 radical (unpaired) electrons. The molecule has 0 heterocycles. The fourth-order valence-electron chi connectivity index (χ4n) is 2.49. The van der Waals surface area contributed by atoms with Crippen molar-refractivity contribution in [2.45, 2.75) is 58.6 Å². The average Bonchev–Trinajstić information content (AvgIpc) is 2.69. The number of fused-ring (bicyclic) bond motifs is 1. The van der Waals surface area contributed by atoms with Crippen molar-refractivity contribution in [1.82, 2.24) is 5.32 Å². The minimum absolute atomic E-state index is 0.0933. The molecule has 1 amide bonds. The fraction of sp³-hybridized carbons (Fsp3) is 0.562. The monoisotopic (exact) mass is 261 g/mol. The van der Waals surface area contributed by atoms with Gasteiger partial charge in [0.15, 0.2) is 0 Å². The lowest BCUT2D eigenvalue weighted by molar-refractivity contribution is 0.0503. The van der Waals surface area contributed by atoms with Crippen LogP contribution in [0.15, 0.2) is 18.2 Å². The normalized spacial score (nSPS) is 18.0. The first kappa shape index (κ1) is 13.9. The maximum atomic E-state index is 11.8. The predicted molar refractivity (Wildman–Crippen MR) is 76.3 cm³/mol. The fourth-order valence-corrected chi connectivity index (χ4v) is 2.49. The zero-order chi connectivity index (χ0) is 14.0. The smallest absolute Gasteiger partial charge is 0.408 e. The number of amides is 1. The Bertz CT molecular complexity index is 474. The Kier molecular flexibility index (Phi) is 3.83. The summed E-state index contributed by atoms with van der Waals surface area (Å²) < 4.78 is 5.31. The molecule has 0 aliphatic heterocycles. The molecule has 3 nitrogen and oxygen atoms in total. The lowest BCUT2D eigenvalue weighted by Crippen LogP contribution is -2.34. The van der Waals surface area contributed by atoms with Crippen molar-refractivity contribution < 1.29 is 9.53 Å². The number of ether oxygens (including phenoxy) is 1. The highest BCUT2D eigenvalue weighted by Gasteiger charge is 2.26. The van der Waals surface area contributed by atoms with Gasteiger partial charge < -0.3 is 10.1 Å².